The number of ether oxygens (including phenoxy) is 2. The van der Waals surface area contributed by atoms with E-state index in [1.807, 2.05) is 18.2 Å². The van der Waals surface area contributed by atoms with Crippen LogP contribution in [0.25, 0.3) is 0 Å². The van der Waals surface area contributed by atoms with Gasteiger partial charge in [0.05, 0.1) is 6.42 Å². The molecule has 0 atom stereocenters. The molecule has 1 fully saturated rings. The molecule has 0 bridgehead atoms. The van der Waals surface area contributed by atoms with Crippen molar-refractivity contribution < 1.29 is 19.1 Å². The first-order chi connectivity index (χ1) is 8.72. The minimum absolute atomic E-state index is 0.00502. The number of fused-ring (bicyclic) bond motifs is 1. The molecular formula is C14H14O4. The van der Waals surface area contributed by atoms with Crippen LogP contribution in [-0.4, -0.2) is 24.8 Å². The smallest absolute Gasteiger partial charge is 0.161 e. The van der Waals surface area contributed by atoms with E-state index >= 15 is 0 Å². The fraction of sp³-hybridized carbons (Fsp3) is 0.429. The zero-order valence-corrected chi connectivity index (χ0v) is 9.98. The van der Waals surface area contributed by atoms with Gasteiger partial charge in [0.1, 0.15) is 24.8 Å². The number of ketones is 2. The number of hydrogen-bond acceptors (Lipinski definition) is 4. The Labute approximate surface area is 105 Å². The summed E-state index contributed by atoms with van der Waals surface area (Å²) >= 11 is 0. The standard InChI is InChI=1S/C14H14O4/c15-11-5-10(6-12(16)8-11)9-1-2-13-14(7-9)18-4-3-17-13/h1-2,7,10H,3-6,8H2. The van der Waals surface area contributed by atoms with Gasteiger partial charge in [-0.15, -0.1) is 0 Å². The lowest BCUT2D eigenvalue weighted by Gasteiger charge is -2.23. The predicted octanol–water partition coefficient (Wildman–Crippen LogP) is 1.86. The molecule has 1 aromatic rings. The molecule has 0 N–H and O–H groups in total. The fourth-order valence-corrected chi connectivity index (χ4v) is 2.54. The number of hydrogen-bond donors (Lipinski definition) is 0. The third kappa shape index (κ3) is 2.10. The lowest BCUT2D eigenvalue weighted by molar-refractivity contribution is -0.130. The minimum atomic E-state index is -0.00502. The van der Waals surface area contributed by atoms with Crippen LogP contribution in [0.4, 0.5) is 0 Å². The van der Waals surface area contributed by atoms with Gasteiger partial charge in [0.25, 0.3) is 0 Å². The molecule has 1 aliphatic carbocycles. The van der Waals surface area contributed by atoms with Crippen LogP contribution >= 0.6 is 0 Å². The van der Waals surface area contributed by atoms with Gasteiger partial charge in [-0.25, -0.2) is 0 Å². The van der Waals surface area contributed by atoms with Gasteiger partial charge in [0.15, 0.2) is 11.5 Å². The second kappa shape index (κ2) is 4.44. The van der Waals surface area contributed by atoms with Gasteiger partial charge in [-0.2, -0.15) is 0 Å². The highest BCUT2D eigenvalue weighted by atomic mass is 16.6. The van der Waals surface area contributed by atoms with E-state index in [4.69, 9.17) is 9.47 Å². The van der Waals surface area contributed by atoms with Crippen molar-refractivity contribution in [3.8, 4) is 11.5 Å². The molecular weight excluding hydrogens is 232 g/mol. The van der Waals surface area contributed by atoms with E-state index in [0.717, 1.165) is 11.3 Å². The van der Waals surface area contributed by atoms with Gasteiger partial charge in [-0.05, 0) is 23.6 Å². The van der Waals surface area contributed by atoms with Crippen LogP contribution in [0.5, 0.6) is 11.5 Å². The highest BCUT2D eigenvalue weighted by Crippen LogP contribution is 2.36. The summed E-state index contributed by atoms with van der Waals surface area (Å²) in [7, 11) is 0. The van der Waals surface area contributed by atoms with Crippen LogP contribution in [0.3, 0.4) is 0 Å². The summed E-state index contributed by atoms with van der Waals surface area (Å²) in [5.74, 6) is 1.51. The maximum atomic E-state index is 11.5. The molecule has 4 nitrogen and oxygen atoms in total. The van der Waals surface area contributed by atoms with Crippen molar-refractivity contribution in [3.63, 3.8) is 0 Å². The van der Waals surface area contributed by atoms with E-state index in [2.05, 4.69) is 0 Å². The van der Waals surface area contributed by atoms with Gasteiger partial charge < -0.3 is 9.47 Å². The van der Waals surface area contributed by atoms with Gasteiger partial charge in [-0.1, -0.05) is 6.07 Å². The third-order valence-electron chi connectivity index (χ3n) is 3.38. The molecule has 94 valence electrons. The lowest BCUT2D eigenvalue weighted by Crippen LogP contribution is -2.21. The number of rotatable bonds is 1. The largest absolute Gasteiger partial charge is 0.486 e. The van der Waals surface area contributed by atoms with Gasteiger partial charge in [0, 0.05) is 12.8 Å². The Balaban J connectivity index is 1.87. The van der Waals surface area contributed by atoms with Crippen molar-refractivity contribution in [3.05, 3.63) is 23.8 Å². The van der Waals surface area contributed by atoms with Crippen LogP contribution in [0, 0.1) is 0 Å². The Morgan fingerprint density at radius 3 is 2.33 bits per heavy atom. The summed E-state index contributed by atoms with van der Waals surface area (Å²) in [5, 5.41) is 0. The molecule has 0 saturated heterocycles. The van der Waals surface area contributed by atoms with E-state index < -0.39 is 0 Å². The molecule has 0 aromatic heterocycles. The van der Waals surface area contributed by atoms with E-state index in [1.54, 1.807) is 0 Å². The molecule has 18 heavy (non-hydrogen) atoms. The summed E-state index contributed by atoms with van der Waals surface area (Å²) in [6, 6.07) is 5.67. The summed E-state index contributed by atoms with van der Waals surface area (Å²) in [6.45, 7) is 1.10. The van der Waals surface area contributed by atoms with E-state index in [-0.39, 0.29) is 23.9 Å². The molecule has 3 rings (SSSR count). The Morgan fingerprint density at radius 1 is 0.944 bits per heavy atom. The number of Topliss-reactive ketones (excluding diaryl/α,β-unsaturated/α-hetero) is 2. The highest BCUT2D eigenvalue weighted by Gasteiger charge is 2.27. The number of benzene rings is 1. The maximum absolute atomic E-state index is 11.5. The van der Waals surface area contributed by atoms with Crippen molar-refractivity contribution >= 4 is 11.6 Å². The molecule has 0 unspecified atom stereocenters. The maximum Gasteiger partial charge on any atom is 0.161 e. The molecule has 1 saturated carbocycles. The normalized spacial score (nSPS) is 20.0. The van der Waals surface area contributed by atoms with Gasteiger partial charge >= 0.3 is 0 Å². The van der Waals surface area contributed by atoms with Crippen LogP contribution < -0.4 is 9.47 Å². The van der Waals surface area contributed by atoms with E-state index in [9.17, 15) is 9.59 Å². The fourth-order valence-electron chi connectivity index (χ4n) is 2.54. The van der Waals surface area contributed by atoms with Crippen molar-refractivity contribution in [2.45, 2.75) is 25.2 Å². The average molecular weight is 246 g/mol. The van der Waals surface area contributed by atoms with Crippen molar-refractivity contribution in [1.29, 1.82) is 0 Å². The topological polar surface area (TPSA) is 52.6 Å². The van der Waals surface area contributed by atoms with Crippen LogP contribution in [0.2, 0.25) is 0 Å². The molecule has 2 aliphatic rings. The highest BCUT2D eigenvalue weighted by molar-refractivity contribution is 6.02. The van der Waals surface area contributed by atoms with Crippen molar-refractivity contribution in [2.75, 3.05) is 13.2 Å². The zero-order valence-electron chi connectivity index (χ0n) is 9.98. The summed E-state index contributed by atoms with van der Waals surface area (Å²) < 4.78 is 11.0. The molecule has 0 spiro atoms. The monoisotopic (exact) mass is 246 g/mol. The van der Waals surface area contributed by atoms with Crippen LogP contribution in [0.15, 0.2) is 18.2 Å². The zero-order chi connectivity index (χ0) is 12.5. The quantitative estimate of drug-likeness (QED) is 0.710. The first-order valence-electron chi connectivity index (χ1n) is 6.15. The van der Waals surface area contributed by atoms with E-state index in [1.165, 1.54) is 0 Å². The Morgan fingerprint density at radius 2 is 1.61 bits per heavy atom. The third-order valence-corrected chi connectivity index (χ3v) is 3.38. The van der Waals surface area contributed by atoms with Crippen molar-refractivity contribution in [2.24, 2.45) is 0 Å². The Bertz CT molecular complexity index is 491. The second-order valence-corrected chi connectivity index (χ2v) is 4.76. The predicted molar refractivity (Wildman–Crippen MR) is 64.0 cm³/mol. The Hall–Kier alpha value is -1.84. The lowest BCUT2D eigenvalue weighted by atomic mass is 9.82. The first kappa shape index (κ1) is 11.3. The molecule has 0 radical (unpaired) electrons. The SMILES string of the molecule is O=C1CC(=O)CC(c2ccc3c(c2)OCCO3)C1. The van der Waals surface area contributed by atoms with Crippen molar-refractivity contribution in [1.82, 2.24) is 0 Å². The van der Waals surface area contributed by atoms with E-state index in [0.29, 0.717) is 31.8 Å². The first-order valence-corrected chi connectivity index (χ1v) is 6.15. The molecule has 1 aliphatic heterocycles. The summed E-state index contributed by atoms with van der Waals surface area (Å²) in [6.07, 6.45) is 0.998. The van der Waals surface area contributed by atoms with Gasteiger partial charge in [0.2, 0.25) is 0 Å². The molecule has 4 heteroatoms. The molecule has 1 aromatic carbocycles. The summed E-state index contributed by atoms with van der Waals surface area (Å²) in [5.41, 5.74) is 0.987. The van der Waals surface area contributed by atoms with Crippen LogP contribution in [-0.2, 0) is 9.59 Å². The van der Waals surface area contributed by atoms with Gasteiger partial charge in [-0.3, -0.25) is 9.59 Å². The Kier molecular flexibility index (Phi) is 2.78. The molecule has 0 amide bonds. The summed E-state index contributed by atoms with van der Waals surface area (Å²) in [4.78, 5) is 22.9. The number of carbonyl (C=O) groups excluding carboxylic acids is 2. The number of carbonyl (C=O) groups is 2. The molecule has 1 heterocycles. The minimum Gasteiger partial charge on any atom is -0.486 e. The van der Waals surface area contributed by atoms with Crippen LogP contribution in [0.1, 0.15) is 30.7 Å². The second-order valence-electron chi connectivity index (χ2n) is 4.76. The average Bonchev–Trinajstić information content (AvgIpc) is 2.37.